The topological polar surface area (TPSA) is 167 Å². The van der Waals surface area contributed by atoms with E-state index in [-0.39, 0.29) is 48.6 Å². The molecule has 1 aliphatic rings. The van der Waals surface area contributed by atoms with Crippen LogP contribution in [-0.2, 0) is 37.6 Å². The van der Waals surface area contributed by atoms with Gasteiger partial charge in [-0.3, -0.25) is 9.59 Å². The van der Waals surface area contributed by atoms with Gasteiger partial charge in [-0.1, -0.05) is 49.4 Å². The summed E-state index contributed by atoms with van der Waals surface area (Å²) in [5.41, 5.74) is 10.8. The fourth-order valence-electron chi connectivity index (χ4n) is 5.54. The first-order valence-corrected chi connectivity index (χ1v) is 14.8. The predicted molar refractivity (Wildman–Crippen MR) is 167 cm³/mol. The molecule has 0 spiro atoms. The lowest BCUT2D eigenvalue weighted by Crippen LogP contribution is -2.33. The highest BCUT2D eigenvalue weighted by Gasteiger charge is 2.47. The summed E-state index contributed by atoms with van der Waals surface area (Å²) in [5.74, 6) is -0.996. The van der Waals surface area contributed by atoms with E-state index in [1.807, 2.05) is 25.1 Å². The van der Waals surface area contributed by atoms with Crippen molar-refractivity contribution >= 4 is 40.5 Å². The fraction of sp³-hybridized carbons (Fsp3) is 0.242. The number of fused-ring (bicyclic) bond motifs is 2. The molecule has 0 radical (unpaired) electrons. The lowest BCUT2D eigenvalue weighted by molar-refractivity contribution is -0.158. The Balaban J connectivity index is 1.25. The van der Waals surface area contributed by atoms with E-state index in [4.69, 9.17) is 10.6 Å². The minimum Gasteiger partial charge on any atom is -0.383 e. The number of carbonyl (C=O) groups is 3. The Morgan fingerprint density at radius 2 is 1.85 bits per heavy atom. The summed E-state index contributed by atoms with van der Waals surface area (Å²) >= 11 is 0. The molecule has 0 fully saturated rings. The minimum absolute atomic E-state index is 0.111. The van der Waals surface area contributed by atoms with Gasteiger partial charge in [-0.2, -0.15) is 10.6 Å². The smallest absolute Gasteiger partial charge is 0.332 e. The van der Waals surface area contributed by atoms with Crippen LogP contribution in [0.25, 0.3) is 22.6 Å². The summed E-state index contributed by atoms with van der Waals surface area (Å²) < 4.78 is 16.0. The number of amides is 2. The maximum Gasteiger partial charge on any atom is 0.332 e. The number of hydrogen-bond donors (Lipinski definition) is 3. The molecule has 3 aromatic heterocycles. The van der Waals surface area contributed by atoms with Gasteiger partial charge in [0.05, 0.1) is 17.5 Å². The third-order valence-corrected chi connectivity index (χ3v) is 8.02. The summed E-state index contributed by atoms with van der Waals surface area (Å²) in [4.78, 5) is 55.5. The average molecular weight is 623 g/mol. The number of rotatable bonds is 9. The summed E-state index contributed by atoms with van der Waals surface area (Å²) in [6, 6.07) is 17.3. The number of anilines is 2. The quantitative estimate of drug-likeness (QED) is 0.204. The zero-order valence-corrected chi connectivity index (χ0v) is 25.2. The maximum absolute atomic E-state index is 14.5. The van der Waals surface area contributed by atoms with Crippen LogP contribution >= 0.6 is 0 Å². The molecule has 6 rings (SSSR count). The molecule has 0 aliphatic carbocycles. The summed E-state index contributed by atoms with van der Waals surface area (Å²) in [6.45, 7) is 3.74. The third kappa shape index (κ3) is 5.62. The summed E-state index contributed by atoms with van der Waals surface area (Å²) in [6.07, 6.45) is 2.99. The van der Waals surface area contributed by atoms with Crippen LogP contribution in [0.3, 0.4) is 0 Å². The van der Waals surface area contributed by atoms with Gasteiger partial charge in [0.25, 0.3) is 5.91 Å². The van der Waals surface area contributed by atoms with Crippen LogP contribution < -0.4 is 16.5 Å². The molecular weight excluding hydrogens is 591 g/mol. The molecule has 2 aromatic carbocycles. The van der Waals surface area contributed by atoms with Gasteiger partial charge in [-0.05, 0) is 49.1 Å². The number of hydrogen-bond acceptors (Lipinski definition) is 9. The number of nitrogens with two attached hydrogens (primary N) is 1. The standard InChI is InChI=1S/C33H31FN8O4/c1-3-7-25(44)46-41-24(43)16-13-19-11-14-21(15-12-19)33(2)26-28(35)37-30(38-29(26)39-32(33)45)27-22-9-6-17-36-31(22)42(40-27)18-20-8-4-5-10-23(20)34/h4-6,8-12,14-15,17H,3,7,13,16,18H2,1-2H3,(H,41,43)(H3,35,37,38,39,45)/t33-/m0/s1. The molecule has 4 N–H and O–H groups in total. The number of aromatic nitrogens is 5. The van der Waals surface area contributed by atoms with Gasteiger partial charge < -0.3 is 15.9 Å². The van der Waals surface area contributed by atoms with E-state index in [9.17, 15) is 18.8 Å². The number of benzene rings is 2. The lowest BCUT2D eigenvalue weighted by Gasteiger charge is -2.23. The highest BCUT2D eigenvalue weighted by molar-refractivity contribution is 6.09. The Labute approximate surface area is 263 Å². The van der Waals surface area contributed by atoms with Gasteiger partial charge in [-0.25, -0.2) is 28.8 Å². The number of hydroxylamine groups is 1. The van der Waals surface area contributed by atoms with Crippen LogP contribution in [0, 0.1) is 5.82 Å². The van der Waals surface area contributed by atoms with Crippen molar-refractivity contribution in [1.82, 2.24) is 30.2 Å². The highest BCUT2D eigenvalue weighted by atomic mass is 19.1. The Bertz CT molecular complexity index is 1980. The van der Waals surface area contributed by atoms with E-state index in [0.29, 0.717) is 46.3 Å². The minimum atomic E-state index is -1.19. The molecule has 46 heavy (non-hydrogen) atoms. The van der Waals surface area contributed by atoms with Crippen molar-refractivity contribution in [1.29, 1.82) is 0 Å². The van der Waals surface area contributed by atoms with Crippen LogP contribution in [0.5, 0.6) is 0 Å². The van der Waals surface area contributed by atoms with Crippen molar-refractivity contribution < 1.29 is 23.6 Å². The molecule has 2 amide bonds. The maximum atomic E-state index is 14.5. The predicted octanol–water partition coefficient (Wildman–Crippen LogP) is 4.22. The fourth-order valence-corrected chi connectivity index (χ4v) is 5.54. The first kappa shape index (κ1) is 30.3. The Morgan fingerprint density at radius 1 is 1.07 bits per heavy atom. The number of nitrogens with zero attached hydrogens (tertiary/aromatic N) is 5. The van der Waals surface area contributed by atoms with E-state index < -0.39 is 17.3 Å². The Morgan fingerprint density at radius 3 is 2.61 bits per heavy atom. The molecule has 13 heteroatoms. The van der Waals surface area contributed by atoms with Crippen molar-refractivity contribution in [3.63, 3.8) is 0 Å². The van der Waals surface area contributed by atoms with Gasteiger partial charge in [-0.15, -0.1) is 0 Å². The van der Waals surface area contributed by atoms with Crippen molar-refractivity contribution in [2.45, 2.75) is 51.5 Å². The van der Waals surface area contributed by atoms with E-state index in [2.05, 4.69) is 30.8 Å². The second kappa shape index (κ2) is 12.3. The van der Waals surface area contributed by atoms with E-state index in [0.717, 1.165) is 5.56 Å². The molecule has 0 saturated heterocycles. The third-order valence-electron chi connectivity index (χ3n) is 8.02. The van der Waals surface area contributed by atoms with Gasteiger partial charge >= 0.3 is 5.97 Å². The molecule has 12 nitrogen and oxygen atoms in total. The van der Waals surface area contributed by atoms with Crippen molar-refractivity contribution in [3.05, 3.63) is 94.9 Å². The second-order valence-electron chi connectivity index (χ2n) is 11.2. The zero-order chi connectivity index (χ0) is 32.4. The van der Waals surface area contributed by atoms with Crippen LogP contribution in [0.2, 0.25) is 0 Å². The zero-order valence-electron chi connectivity index (χ0n) is 25.2. The van der Waals surface area contributed by atoms with Gasteiger partial charge in [0.2, 0.25) is 5.91 Å². The van der Waals surface area contributed by atoms with Crippen LogP contribution in [0.1, 0.15) is 55.4 Å². The first-order chi connectivity index (χ1) is 22.2. The molecule has 0 saturated carbocycles. The van der Waals surface area contributed by atoms with E-state index >= 15 is 0 Å². The second-order valence-corrected chi connectivity index (χ2v) is 11.2. The molecule has 1 aliphatic heterocycles. The Hall–Kier alpha value is -5.72. The SMILES string of the molecule is CCCC(=O)ONC(=O)CCc1ccc([C@]2(C)C(=O)Nc3nc(-c4nn(Cc5ccccc5F)c5ncccc45)nc(N)c32)cc1. The van der Waals surface area contributed by atoms with Crippen LogP contribution in [0.4, 0.5) is 16.0 Å². The molecule has 0 unspecified atom stereocenters. The molecule has 1 atom stereocenters. The summed E-state index contributed by atoms with van der Waals surface area (Å²) in [5, 5.41) is 8.19. The largest absolute Gasteiger partial charge is 0.383 e. The van der Waals surface area contributed by atoms with Gasteiger partial charge in [0, 0.05) is 24.6 Å². The lowest BCUT2D eigenvalue weighted by atomic mass is 9.77. The van der Waals surface area contributed by atoms with E-state index in [1.54, 1.807) is 54.2 Å². The van der Waals surface area contributed by atoms with Crippen molar-refractivity contribution in [3.8, 4) is 11.5 Å². The number of nitrogens with one attached hydrogen (secondary N) is 2. The van der Waals surface area contributed by atoms with Gasteiger partial charge in [0.1, 0.15) is 28.6 Å². The number of aryl methyl sites for hydroxylation is 1. The van der Waals surface area contributed by atoms with Crippen LogP contribution in [0.15, 0.2) is 66.9 Å². The summed E-state index contributed by atoms with van der Waals surface area (Å²) in [7, 11) is 0. The molecular formula is C33H31FN8O4. The normalized spacial score (nSPS) is 15.4. The van der Waals surface area contributed by atoms with Crippen LogP contribution in [-0.4, -0.2) is 42.5 Å². The van der Waals surface area contributed by atoms with Gasteiger partial charge in [0.15, 0.2) is 11.5 Å². The molecule has 4 heterocycles. The molecule has 234 valence electrons. The molecule has 5 aromatic rings. The average Bonchev–Trinajstić information content (AvgIpc) is 3.55. The van der Waals surface area contributed by atoms with Crippen molar-refractivity contribution in [2.24, 2.45) is 0 Å². The number of carbonyl (C=O) groups excluding carboxylic acids is 3. The molecule has 0 bridgehead atoms. The number of nitrogen functional groups attached to an aromatic ring is 1. The Kier molecular flexibility index (Phi) is 8.14. The number of pyridine rings is 1. The monoisotopic (exact) mass is 622 g/mol. The highest BCUT2D eigenvalue weighted by Crippen LogP contribution is 2.45. The van der Waals surface area contributed by atoms with Crippen molar-refractivity contribution in [2.75, 3.05) is 11.1 Å². The van der Waals surface area contributed by atoms with E-state index in [1.165, 1.54) is 6.07 Å². The number of halogens is 1. The first-order valence-electron chi connectivity index (χ1n) is 14.8.